The number of alkyl halides is 1. The molecule has 1 aliphatic carbocycles. The lowest BCUT2D eigenvalue weighted by atomic mass is 10.1. The molecule has 4 heteroatoms. The highest BCUT2D eigenvalue weighted by atomic mass is 79.9. The monoisotopic (exact) mass is 288 g/mol. The molecule has 1 aromatic rings. The van der Waals surface area contributed by atoms with E-state index in [2.05, 4.69) is 26.2 Å². The van der Waals surface area contributed by atoms with Crippen molar-refractivity contribution in [2.45, 2.75) is 24.6 Å². The molecule has 1 fully saturated rings. The molecular formula is C11H14BrClN2. The van der Waals surface area contributed by atoms with Crippen LogP contribution in [0.3, 0.4) is 0 Å². The molecule has 0 spiro atoms. The minimum atomic E-state index is 0.387. The van der Waals surface area contributed by atoms with Gasteiger partial charge in [0, 0.05) is 24.3 Å². The third-order valence-corrected chi connectivity index (χ3v) is 3.86. The SMILES string of the molecule is ClC1CCC(CNc2ccncc2Br)C1. The van der Waals surface area contributed by atoms with Crippen LogP contribution in [-0.2, 0) is 0 Å². The number of nitrogens with one attached hydrogen (secondary N) is 1. The molecule has 2 nitrogen and oxygen atoms in total. The Bertz CT molecular complexity index is 332. The van der Waals surface area contributed by atoms with E-state index in [1.165, 1.54) is 6.42 Å². The molecular weight excluding hydrogens is 275 g/mol. The molecule has 2 unspecified atom stereocenters. The largest absolute Gasteiger partial charge is 0.384 e. The van der Waals surface area contributed by atoms with Crippen LogP contribution in [0.1, 0.15) is 19.3 Å². The molecule has 0 radical (unpaired) electrons. The maximum atomic E-state index is 6.07. The lowest BCUT2D eigenvalue weighted by Crippen LogP contribution is -2.12. The molecule has 1 N–H and O–H groups in total. The maximum absolute atomic E-state index is 6.07. The van der Waals surface area contributed by atoms with Crippen LogP contribution in [0.15, 0.2) is 22.9 Å². The second kappa shape index (κ2) is 5.17. The van der Waals surface area contributed by atoms with Crippen molar-refractivity contribution in [3.05, 3.63) is 22.9 Å². The zero-order chi connectivity index (χ0) is 10.7. The van der Waals surface area contributed by atoms with E-state index in [0.29, 0.717) is 11.3 Å². The summed E-state index contributed by atoms with van der Waals surface area (Å²) in [6.07, 6.45) is 7.14. The summed E-state index contributed by atoms with van der Waals surface area (Å²) in [6.45, 7) is 1.01. The van der Waals surface area contributed by atoms with Crippen molar-refractivity contribution in [2.24, 2.45) is 5.92 Å². The number of halogens is 2. The fraction of sp³-hybridized carbons (Fsp3) is 0.545. The highest BCUT2D eigenvalue weighted by molar-refractivity contribution is 9.10. The summed E-state index contributed by atoms with van der Waals surface area (Å²) in [5, 5.41) is 3.82. The van der Waals surface area contributed by atoms with E-state index in [9.17, 15) is 0 Å². The Kier molecular flexibility index (Phi) is 3.87. The summed E-state index contributed by atoms with van der Waals surface area (Å²) in [5.74, 6) is 0.715. The first-order valence-corrected chi connectivity index (χ1v) is 6.46. The van der Waals surface area contributed by atoms with Crippen molar-refractivity contribution in [2.75, 3.05) is 11.9 Å². The standard InChI is InChI=1S/C11H14BrClN2/c12-10-7-14-4-3-11(10)15-6-8-1-2-9(13)5-8/h3-4,7-9H,1-2,5-6H2,(H,14,15). The van der Waals surface area contributed by atoms with Crippen LogP contribution in [0.25, 0.3) is 0 Å². The maximum Gasteiger partial charge on any atom is 0.0590 e. The number of pyridine rings is 1. The highest BCUT2D eigenvalue weighted by Crippen LogP contribution is 2.30. The van der Waals surface area contributed by atoms with Crippen molar-refractivity contribution in [1.82, 2.24) is 4.98 Å². The molecule has 0 aromatic carbocycles. The zero-order valence-electron chi connectivity index (χ0n) is 8.42. The Morgan fingerprint density at radius 1 is 1.53 bits per heavy atom. The van der Waals surface area contributed by atoms with Crippen molar-refractivity contribution in [1.29, 1.82) is 0 Å². The van der Waals surface area contributed by atoms with E-state index >= 15 is 0 Å². The Morgan fingerprint density at radius 3 is 3.07 bits per heavy atom. The third kappa shape index (κ3) is 3.08. The molecule has 0 saturated heterocycles. The minimum absolute atomic E-state index is 0.387. The summed E-state index contributed by atoms with van der Waals surface area (Å²) in [7, 11) is 0. The van der Waals surface area contributed by atoms with Crippen molar-refractivity contribution >= 4 is 33.2 Å². The first-order chi connectivity index (χ1) is 7.25. The van der Waals surface area contributed by atoms with E-state index in [4.69, 9.17) is 11.6 Å². The molecule has 1 saturated carbocycles. The molecule has 1 aromatic heterocycles. The van der Waals surface area contributed by atoms with Crippen LogP contribution in [0.2, 0.25) is 0 Å². The molecule has 82 valence electrons. The van der Waals surface area contributed by atoms with Crippen molar-refractivity contribution in [3.63, 3.8) is 0 Å². The van der Waals surface area contributed by atoms with Crippen LogP contribution < -0.4 is 5.32 Å². The highest BCUT2D eigenvalue weighted by Gasteiger charge is 2.22. The lowest BCUT2D eigenvalue weighted by molar-refractivity contribution is 0.580. The minimum Gasteiger partial charge on any atom is -0.384 e. The Labute approximate surface area is 104 Å². The van der Waals surface area contributed by atoms with Gasteiger partial charge < -0.3 is 5.32 Å². The molecule has 1 heterocycles. The average Bonchev–Trinajstić information content (AvgIpc) is 2.63. The molecule has 2 rings (SSSR count). The van der Waals surface area contributed by atoms with Gasteiger partial charge in [0.2, 0.25) is 0 Å². The molecule has 2 atom stereocenters. The first kappa shape index (κ1) is 11.2. The lowest BCUT2D eigenvalue weighted by Gasteiger charge is -2.12. The number of nitrogens with zero attached hydrogens (tertiary/aromatic N) is 1. The van der Waals surface area contributed by atoms with Gasteiger partial charge in [-0.1, -0.05) is 0 Å². The fourth-order valence-electron chi connectivity index (χ4n) is 1.97. The van der Waals surface area contributed by atoms with Crippen LogP contribution in [0.5, 0.6) is 0 Å². The zero-order valence-corrected chi connectivity index (χ0v) is 10.8. The second-order valence-electron chi connectivity index (χ2n) is 4.01. The summed E-state index contributed by atoms with van der Waals surface area (Å²) in [4.78, 5) is 4.03. The summed E-state index contributed by atoms with van der Waals surface area (Å²) in [6, 6.07) is 1.98. The van der Waals surface area contributed by atoms with Gasteiger partial charge in [-0.05, 0) is 47.2 Å². The van der Waals surface area contributed by atoms with Gasteiger partial charge in [0.1, 0.15) is 0 Å². The van der Waals surface area contributed by atoms with Gasteiger partial charge >= 0.3 is 0 Å². The predicted octanol–water partition coefficient (Wildman–Crippen LogP) is 3.66. The van der Waals surface area contributed by atoms with Crippen LogP contribution in [0.4, 0.5) is 5.69 Å². The van der Waals surface area contributed by atoms with E-state index in [1.54, 1.807) is 12.4 Å². The van der Waals surface area contributed by atoms with Crippen molar-refractivity contribution < 1.29 is 0 Å². The normalized spacial score (nSPS) is 25.5. The fourth-order valence-corrected chi connectivity index (χ4v) is 2.74. The number of rotatable bonds is 3. The van der Waals surface area contributed by atoms with Gasteiger partial charge in [0.25, 0.3) is 0 Å². The van der Waals surface area contributed by atoms with E-state index < -0.39 is 0 Å². The van der Waals surface area contributed by atoms with Gasteiger partial charge in [0.15, 0.2) is 0 Å². The van der Waals surface area contributed by atoms with Gasteiger partial charge in [0.05, 0.1) is 10.2 Å². The predicted molar refractivity (Wildman–Crippen MR) is 67.4 cm³/mol. The molecule has 0 bridgehead atoms. The van der Waals surface area contributed by atoms with Gasteiger partial charge in [-0.15, -0.1) is 11.6 Å². The average molecular weight is 290 g/mol. The molecule has 1 aliphatic rings. The number of aromatic nitrogens is 1. The Morgan fingerprint density at radius 2 is 2.40 bits per heavy atom. The van der Waals surface area contributed by atoms with Gasteiger partial charge in [-0.25, -0.2) is 0 Å². The van der Waals surface area contributed by atoms with E-state index in [0.717, 1.165) is 29.5 Å². The second-order valence-corrected chi connectivity index (χ2v) is 5.48. The van der Waals surface area contributed by atoms with E-state index in [-0.39, 0.29) is 0 Å². The number of anilines is 1. The summed E-state index contributed by atoms with van der Waals surface area (Å²) in [5.41, 5.74) is 1.11. The molecule has 0 amide bonds. The smallest absolute Gasteiger partial charge is 0.0590 e. The van der Waals surface area contributed by atoms with Gasteiger partial charge in [-0.3, -0.25) is 4.98 Å². The van der Waals surface area contributed by atoms with Gasteiger partial charge in [-0.2, -0.15) is 0 Å². The van der Waals surface area contributed by atoms with E-state index in [1.807, 2.05) is 6.07 Å². The van der Waals surface area contributed by atoms with Crippen LogP contribution in [0, 0.1) is 5.92 Å². The molecule has 15 heavy (non-hydrogen) atoms. The first-order valence-electron chi connectivity index (χ1n) is 5.23. The third-order valence-electron chi connectivity index (χ3n) is 2.83. The summed E-state index contributed by atoms with van der Waals surface area (Å²) >= 11 is 9.54. The van der Waals surface area contributed by atoms with Crippen LogP contribution >= 0.6 is 27.5 Å². The van der Waals surface area contributed by atoms with Crippen LogP contribution in [-0.4, -0.2) is 16.9 Å². The Hall–Kier alpha value is -0.280. The molecule has 0 aliphatic heterocycles. The number of hydrogen-bond acceptors (Lipinski definition) is 2. The summed E-state index contributed by atoms with van der Waals surface area (Å²) < 4.78 is 1.02. The Balaban J connectivity index is 1.86. The number of hydrogen-bond donors (Lipinski definition) is 1. The quantitative estimate of drug-likeness (QED) is 0.859. The topological polar surface area (TPSA) is 24.9 Å². The van der Waals surface area contributed by atoms with Crippen molar-refractivity contribution in [3.8, 4) is 0 Å².